The van der Waals surface area contributed by atoms with Crippen LogP contribution in [0.5, 0.6) is 0 Å². The Balaban J connectivity index is 1.54. The van der Waals surface area contributed by atoms with Crippen LogP contribution in [0, 0.1) is 0 Å². The first-order valence-electron chi connectivity index (χ1n) is 8.53. The molecule has 2 heterocycles. The van der Waals surface area contributed by atoms with Crippen LogP contribution in [0.15, 0.2) is 48.8 Å². The van der Waals surface area contributed by atoms with Crippen molar-refractivity contribution in [1.82, 2.24) is 25.1 Å². The Bertz CT molecular complexity index is 666. The molecule has 1 fully saturated rings. The summed E-state index contributed by atoms with van der Waals surface area (Å²) in [6.07, 6.45) is 3.37. The van der Waals surface area contributed by atoms with E-state index >= 15 is 0 Å². The summed E-state index contributed by atoms with van der Waals surface area (Å²) >= 11 is 0. The highest BCUT2D eigenvalue weighted by atomic mass is 16.2. The van der Waals surface area contributed by atoms with E-state index in [4.69, 9.17) is 0 Å². The van der Waals surface area contributed by atoms with Crippen molar-refractivity contribution in [3.8, 4) is 0 Å². The average Bonchev–Trinajstić information content (AvgIpc) is 2.66. The molecular weight excluding hydrogens is 316 g/mol. The number of hydrogen-bond donors (Lipinski definition) is 2. The maximum Gasteiger partial charge on any atom is 0.318 e. The second-order valence-electron chi connectivity index (χ2n) is 6.11. The fourth-order valence-electron chi connectivity index (χ4n) is 2.96. The van der Waals surface area contributed by atoms with Gasteiger partial charge in [-0.05, 0) is 18.7 Å². The lowest BCUT2D eigenvalue weighted by atomic mass is 10.0. The van der Waals surface area contributed by atoms with Crippen LogP contribution in [0.4, 0.5) is 10.7 Å². The van der Waals surface area contributed by atoms with E-state index in [1.807, 2.05) is 23.1 Å². The third kappa shape index (κ3) is 4.67. The number of rotatable bonds is 5. The summed E-state index contributed by atoms with van der Waals surface area (Å²) in [6.45, 7) is 3.54. The molecule has 0 radical (unpaired) electrons. The molecule has 2 aromatic rings. The summed E-state index contributed by atoms with van der Waals surface area (Å²) < 4.78 is 0. The van der Waals surface area contributed by atoms with Gasteiger partial charge in [-0.2, -0.15) is 0 Å². The van der Waals surface area contributed by atoms with Crippen molar-refractivity contribution < 1.29 is 4.79 Å². The number of anilines is 1. The number of benzene rings is 1. The molecule has 1 aliphatic rings. The van der Waals surface area contributed by atoms with Crippen molar-refractivity contribution in [2.45, 2.75) is 6.04 Å². The van der Waals surface area contributed by atoms with Crippen molar-refractivity contribution in [3.05, 3.63) is 54.4 Å². The zero-order valence-electron chi connectivity index (χ0n) is 14.4. The molecule has 2 amide bonds. The Morgan fingerprint density at radius 1 is 1.12 bits per heavy atom. The fraction of sp³-hybridized carbons (Fsp3) is 0.389. The highest BCUT2D eigenvalue weighted by Gasteiger charge is 2.29. The number of likely N-dealkylation sites (N-methyl/N-ethyl adjacent to an activating group) is 1. The molecule has 1 aromatic heterocycles. The second-order valence-corrected chi connectivity index (χ2v) is 6.11. The Morgan fingerprint density at radius 2 is 1.88 bits per heavy atom. The van der Waals surface area contributed by atoms with Crippen molar-refractivity contribution in [2.75, 3.05) is 45.1 Å². The van der Waals surface area contributed by atoms with Crippen LogP contribution in [0.1, 0.15) is 11.6 Å². The number of nitrogens with one attached hydrogen (secondary N) is 2. The van der Waals surface area contributed by atoms with Crippen LogP contribution in [0.25, 0.3) is 0 Å². The van der Waals surface area contributed by atoms with Crippen LogP contribution in [-0.2, 0) is 0 Å². The Labute approximate surface area is 148 Å². The van der Waals surface area contributed by atoms with E-state index in [1.165, 1.54) is 5.56 Å². The molecule has 0 bridgehead atoms. The Kier molecular flexibility index (Phi) is 5.79. The summed E-state index contributed by atoms with van der Waals surface area (Å²) in [6, 6.07) is 12.0. The molecule has 1 aliphatic heterocycles. The minimum Gasteiger partial charge on any atom is -0.352 e. The molecule has 0 saturated carbocycles. The molecular formula is C18H24N6O. The number of carbonyl (C=O) groups excluding carboxylic acids is 1. The van der Waals surface area contributed by atoms with Crippen LogP contribution >= 0.6 is 0 Å². The van der Waals surface area contributed by atoms with Gasteiger partial charge in [-0.25, -0.2) is 14.8 Å². The van der Waals surface area contributed by atoms with Crippen LogP contribution in [0.3, 0.4) is 0 Å². The first-order chi connectivity index (χ1) is 12.2. The van der Waals surface area contributed by atoms with Gasteiger partial charge < -0.3 is 20.4 Å². The molecule has 0 aliphatic carbocycles. The van der Waals surface area contributed by atoms with E-state index in [1.54, 1.807) is 18.5 Å². The van der Waals surface area contributed by atoms with E-state index in [9.17, 15) is 4.79 Å². The average molecular weight is 340 g/mol. The summed E-state index contributed by atoms with van der Waals surface area (Å²) in [5.41, 5.74) is 1.17. The van der Waals surface area contributed by atoms with Gasteiger partial charge in [-0.1, -0.05) is 30.3 Å². The number of urea groups is 1. The van der Waals surface area contributed by atoms with Gasteiger partial charge in [0.05, 0.1) is 6.04 Å². The SMILES string of the molecule is CN1CCN(C(=O)NCCNc2ncccn2)[C@@H](c2ccccc2)C1. The monoisotopic (exact) mass is 340 g/mol. The topological polar surface area (TPSA) is 73.4 Å². The van der Waals surface area contributed by atoms with Crippen LogP contribution < -0.4 is 10.6 Å². The molecule has 132 valence electrons. The molecule has 1 saturated heterocycles. The van der Waals surface area contributed by atoms with E-state index in [-0.39, 0.29) is 12.1 Å². The van der Waals surface area contributed by atoms with Crippen LogP contribution in [0.2, 0.25) is 0 Å². The third-order valence-electron chi connectivity index (χ3n) is 4.28. The Morgan fingerprint density at radius 3 is 2.64 bits per heavy atom. The zero-order chi connectivity index (χ0) is 17.5. The van der Waals surface area contributed by atoms with Crippen molar-refractivity contribution >= 4 is 12.0 Å². The molecule has 7 nitrogen and oxygen atoms in total. The van der Waals surface area contributed by atoms with Crippen molar-refractivity contribution in [1.29, 1.82) is 0 Å². The number of amides is 2. The van der Waals surface area contributed by atoms with Crippen molar-refractivity contribution in [3.63, 3.8) is 0 Å². The van der Waals surface area contributed by atoms with E-state index < -0.39 is 0 Å². The van der Waals surface area contributed by atoms with E-state index in [2.05, 4.69) is 44.7 Å². The maximum absolute atomic E-state index is 12.6. The largest absolute Gasteiger partial charge is 0.352 e. The predicted octanol–water partition coefficient (Wildman–Crippen LogP) is 1.59. The summed E-state index contributed by atoms with van der Waals surface area (Å²) in [7, 11) is 2.09. The third-order valence-corrected chi connectivity index (χ3v) is 4.28. The van der Waals surface area contributed by atoms with Gasteiger partial charge in [0, 0.05) is 45.1 Å². The normalized spacial score (nSPS) is 18.0. The lowest BCUT2D eigenvalue weighted by Crippen LogP contribution is -2.52. The highest BCUT2D eigenvalue weighted by Crippen LogP contribution is 2.24. The van der Waals surface area contributed by atoms with Gasteiger partial charge >= 0.3 is 6.03 Å². The first kappa shape index (κ1) is 17.2. The van der Waals surface area contributed by atoms with Gasteiger partial charge in [0.2, 0.25) is 5.95 Å². The smallest absolute Gasteiger partial charge is 0.318 e. The highest BCUT2D eigenvalue weighted by molar-refractivity contribution is 5.75. The molecule has 25 heavy (non-hydrogen) atoms. The van der Waals surface area contributed by atoms with Gasteiger partial charge in [0.1, 0.15) is 0 Å². The second kappa shape index (κ2) is 8.43. The quantitative estimate of drug-likeness (QED) is 0.809. The number of aromatic nitrogens is 2. The van der Waals surface area contributed by atoms with Gasteiger partial charge in [-0.3, -0.25) is 0 Å². The molecule has 0 spiro atoms. The van der Waals surface area contributed by atoms with Crippen LogP contribution in [-0.4, -0.2) is 65.6 Å². The predicted molar refractivity (Wildman–Crippen MR) is 97.3 cm³/mol. The van der Waals surface area contributed by atoms with Gasteiger partial charge in [-0.15, -0.1) is 0 Å². The molecule has 1 atom stereocenters. The lowest BCUT2D eigenvalue weighted by molar-refractivity contribution is 0.109. The fourth-order valence-corrected chi connectivity index (χ4v) is 2.96. The summed E-state index contributed by atoms with van der Waals surface area (Å²) in [5, 5.41) is 6.08. The Hall–Kier alpha value is -2.67. The standard InChI is InChI=1S/C18H24N6O/c1-23-12-13-24(16(14-23)15-6-3-2-4-7-15)18(25)22-11-10-21-17-19-8-5-9-20-17/h2-9,16H,10-14H2,1H3,(H,22,25)(H,19,20,21)/t16-/m1/s1. The zero-order valence-corrected chi connectivity index (χ0v) is 14.4. The maximum atomic E-state index is 12.6. The molecule has 3 rings (SSSR count). The minimum absolute atomic E-state index is 0.0299. The number of nitrogens with zero attached hydrogens (tertiary/aromatic N) is 4. The number of carbonyl (C=O) groups is 1. The number of piperazine rings is 1. The first-order valence-corrected chi connectivity index (χ1v) is 8.53. The minimum atomic E-state index is -0.0299. The van der Waals surface area contributed by atoms with Crippen molar-refractivity contribution in [2.24, 2.45) is 0 Å². The van der Waals surface area contributed by atoms with E-state index in [0.29, 0.717) is 19.0 Å². The molecule has 2 N–H and O–H groups in total. The summed E-state index contributed by atoms with van der Waals surface area (Å²) in [4.78, 5) is 25.0. The molecule has 1 aromatic carbocycles. The van der Waals surface area contributed by atoms with Gasteiger partial charge in [0.25, 0.3) is 0 Å². The lowest BCUT2D eigenvalue weighted by Gasteiger charge is -2.40. The number of hydrogen-bond acceptors (Lipinski definition) is 5. The van der Waals surface area contributed by atoms with E-state index in [0.717, 1.165) is 19.6 Å². The van der Waals surface area contributed by atoms with Gasteiger partial charge in [0.15, 0.2) is 0 Å². The molecule has 0 unspecified atom stereocenters. The summed E-state index contributed by atoms with van der Waals surface area (Å²) in [5.74, 6) is 0.568. The molecule has 7 heteroatoms.